The Balaban J connectivity index is 2.41. The number of rotatable bonds is 3. The first kappa shape index (κ1) is 15.1. The number of nitrogens with two attached hydrogens (primary N) is 1. The fourth-order valence-corrected chi connectivity index (χ4v) is 2.97. The molecule has 0 radical (unpaired) electrons. The monoisotopic (exact) mass is 325 g/mol. The van der Waals surface area contributed by atoms with Crippen LogP contribution in [0.15, 0.2) is 41.3 Å². The normalized spacial score (nSPS) is 10.9. The molecule has 0 saturated carbocycles. The molecule has 0 aliphatic carbocycles. The minimum atomic E-state index is -4.07. The maximum atomic E-state index is 13.6. The molecule has 2 rings (SSSR count). The van der Waals surface area contributed by atoms with Crippen LogP contribution >= 0.6 is 11.6 Å². The SMILES string of the molecule is N#Cc1ccc(S(=O)(=O)Nc2ccc(Cl)cc2F)c(N)c1. The van der Waals surface area contributed by atoms with Crippen LogP contribution in [0, 0.1) is 17.1 Å². The molecule has 3 N–H and O–H groups in total. The van der Waals surface area contributed by atoms with E-state index in [0.717, 1.165) is 6.07 Å². The zero-order valence-corrected chi connectivity index (χ0v) is 12.0. The zero-order chi connectivity index (χ0) is 15.6. The van der Waals surface area contributed by atoms with Gasteiger partial charge in [0.2, 0.25) is 0 Å². The van der Waals surface area contributed by atoms with Gasteiger partial charge in [-0.25, -0.2) is 12.8 Å². The molecule has 0 amide bonds. The van der Waals surface area contributed by atoms with Crippen molar-refractivity contribution in [1.82, 2.24) is 0 Å². The Bertz CT molecular complexity index is 847. The average molecular weight is 326 g/mol. The molecule has 0 heterocycles. The van der Waals surface area contributed by atoms with Gasteiger partial charge in [0.15, 0.2) is 0 Å². The predicted octanol–water partition coefficient (Wildman–Crippen LogP) is 2.73. The summed E-state index contributed by atoms with van der Waals surface area (Å²) >= 11 is 5.60. The van der Waals surface area contributed by atoms with E-state index in [4.69, 9.17) is 22.6 Å². The Morgan fingerprint density at radius 1 is 1.24 bits per heavy atom. The summed E-state index contributed by atoms with van der Waals surface area (Å²) in [4.78, 5) is -0.240. The van der Waals surface area contributed by atoms with Crippen molar-refractivity contribution in [1.29, 1.82) is 5.26 Å². The fraction of sp³-hybridized carbons (Fsp3) is 0. The third-order valence-corrected chi connectivity index (χ3v) is 4.28. The minimum Gasteiger partial charge on any atom is -0.398 e. The van der Waals surface area contributed by atoms with Crippen LogP contribution in [0.5, 0.6) is 0 Å². The second kappa shape index (κ2) is 5.60. The maximum Gasteiger partial charge on any atom is 0.264 e. The van der Waals surface area contributed by atoms with Gasteiger partial charge in [-0.15, -0.1) is 0 Å². The quantitative estimate of drug-likeness (QED) is 0.848. The van der Waals surface area contributed by atoms with Gasteiger partial charge in [-0.05, 0) is 36.4 Å². The number of hydrogen-bond acceptors (Lipinski definition) is 4. The van der Waals surface area contributed by atoms with E-state index in [-0.39, 0.29) is 26.9 Å². The number of nitriles is 1. The smallest absolute Gasteiger partial charge is 0.264 e. The molecular weight excluding hydrogens is 317 g/mol. The third kappa shape index (κ3) is 3.24. The number of sulfonamides is 1. The standard InChI is InChI=1S/C13H9ClFN3O2S/c14-9-2-3-12(10(15)6-9)18-21(19,20)13-4-1-8(7-16)5-11(13)17/h1-6,18H,17H2. The van der Waals surface area contributed by atoms with Crippen molar-refractivity contribution in [3.05, 3.63) is 52.8 Å². The summed E-state index contributed by atoms with van der Waals surface area (Å²) < 4.78 is 40.1. The molecule has 0 aliphatic heterocycles. The highest BCUT2D eigenvalue weighted by atomic mass is 35.5. The van der Waals surface area contributed by atoms with Gasteiger partial charge in [-0.1, -0.05) is 11.6 Å². The molecule has 0 unspecified atom stereocenters. The van der Waals surface area contributed by atoms with E-state index in [2.05, 4.69) is 4.72 Å². The van der Waals surface area contributed by atoms with Crippen LogP contribution in [0.25, 0.3) is 0 Å². The number of nitrogen functional groups attached to an aromatic ring is 1. The van der Waals surface area contributed by atoms with E-state index >= 15 is 0 Å². The lowest BCUT2D eigenvalue weighted by atomic mass is 10.2. The predicted molar refractivity (Wildman–Crippen MR) is 77.8 cm³/mol. The molecule has 5 nitrogen and oxygen atoms in total. The van der Waals surface area contributed by atoms with Crippen LogP contribution in [0.4, 0.5) is 15.8 Å². The van der Waals surface area contributed by atoms with Gasteiger partial charge < -0.3 is 5.73 Å². The van der Waals surface area contributed by atoms with Crippen LogP contribution < -0.4 is 10.5 Å². The molecule has 8 heteroatoms. The van der Waals surface area contributed by atoms with E-state index in [1.807, 2.05) is 6.07 Å². The van der Waals surface area contributed by atoms with Crippen molar-refractivity contribution < 1.29 is 12.8 Å². The Kier molecular flexibility index (Phi) is 4.02. The number of anilines is 2. The van der Waals surface area contributed by atoms with Gasteiger partial charge in [-0.3, -0.25) is 4.72 Å². The van der Waals surface area contributed by atoms with E-state index < -0.39 is 15.8 Å². The number of nitrogens with zero attached hydrogens (tertiary/aromatic N) is 1. The van der Waals surface area contributed by atoms with Crippen LogP contribution in [0.2, 0.25) is 5.02 Å². The van der Waals surface area contributed by atoms with Crippen LogP contribution in [-0.2, 0) is 10.0 Å². The van der Waals surface area contributed by atoms with Crippen LogP contribution in [-0.4, -0.2) is 8.42 Å². The highest BCUT2D eigenvalue weighted by Gasteiger charge is 2.19. The van der Waals surface area contributed by atoms with Gasteiger partial charge >= 0.3 is 0 Å². The molecular formula is C13H9ClFN3O2S. The first-order valence-corrected chi connectivity index (χ1v) is 7.47. The summed E-state index contributed by atoms with van der Waals surface area (Å²) in [5.74, 6) is -0.807. The maximum absolute atomic E-state index is 13.6. The summed E-state index contributed by atoms with van der Waals surface area (Å²) in [6.45, 7) is 0. The highest BCUT2D eigenvalue weighted by Crippen LogP contribution is 2.25. The van der Waals surface area contributed by atoms with Gasteiger partial charge in [-0.2, -0.15) is 5.26 Å². The molecule has 0 fully saturated rings. The van der Waals surface area contributed by atoms with Crippen molar-refractivity contribution in [2.24, 2.45) is 0 Å². The summed E-state index contributed by atoms with van der Waals surface area (Å²) in [5.41, 5.74) is 5.49. The Labute approximate surface area is 125 Å². The first-order chi connectivity index (χ1) is 9.83. The Morgan fingerprint density at radius 3 is 2.52 bits per heavy atom. The second-order valence-corrected chi connectivity index (χ2v) is 6.18. The Morgan fingerprint density at radius 2 is 1.95 bits per heavy atom. The van der Waals surface area contributed by atoms with E-state index in [1.165, 1.54) is 30.3 Å². The molecule has 0 bridgehead atoms. The third-order valence-electron chi connectivity index (χ3n) is 2.60. The molecule has 0 saturated heterocycles. The van der Waals surface area contributed by atoms with Gasteiger partial charge in [0.05, 0.1) is 23.0 Å². The molecule has 2 aromatic carbocycles. The molecule has 0 atom stereocenters. The Hall–Kier alpha value is -2.30. The van der Waals surface area contributed by atoms with Crippen molar-refractivity contribution in [3.8, 4) is 6.07 Å². The highest BCUT2D eigenvalue weighted by molar-refractivity contribution is 7.92. The fourth-order valence-electron chi connectivity index (χ4n) is 1.63. The van der Waals surface area contributed by atoms with Crippen molar-refractivity contribution in [2.75, 3.05) is 10.5 Å². The molecule has 108 valence electrons. The van der Waals surface area contributed by atoms with Gasteiger partial charge in [0, 0.05) is 5.02 Å². The number of nitrogens with one attached hydrogen (secondary N) is 1. The van der Waals surface area contributed by atoms with Crippen molar-refractivity contribution >= 4 is 33.0 Å². The lowest BCUT2D eigenvalue weighted by Crippen LogP contribution is -2.15. The summed E-state index contributed by atoms with van der Waals surface area (Å²) in [7, 11) is -4.07. The molecule has 0 aromatic heterocycles. The van der Waals surface area contributed by atoms with E-state index in [0.29, 0.717) is 0 Å². The summed E-state index contributed by atoms with van der Waals surface area (Å²) in [5, 5.41) is 8.87. The van der Waals surface area contributed by atoms with Crippen LogP contribution in [0.3, 0.4) is 0 Å². The van der Waals surface area contributed by atoms with Gasteiger partial charge in [0.25, 0.3) is 10.0 Å². The first-order valence-electron chi connectivity index (χ1n) is 5.61. The van der Waals surface area contributed by atoms with Gasteiger partial charge in [0.1, 0.15) is 10.7 Å². The van der Waals surface area contributed by atoms with Crippen molar-refractivity contribution in [3.63, 3.8) is 0 Å². The molecule has 0 aliphatic rings. The van der Waals surface area contributed by atoms with Crippen molar-refractivity contribution in [2.45, 2.75) is 4.90 Å². The number of halogens is 2. The van der Waals surface area contributed by atoms with Crippen LogP contribution in [0.1, 0.15) is 5.56 Å². The average Bonchev–Trinajstić information content (AvgIpc) is 2.41. The lowest BCUT2D eigenvalue weighted by molar-refractivity contribution is 0.599. The topological polar surface area (TPSA) is 96.0 Å². The number of hydrogen-bond donors (Lipinski definition) is 2. The van der Waals surface area contributed by atoms with E-state index in [1.54, 1.807) is 0 Å². The summed E-state index contributed by atoms with van der Waals surface area (Å²) in [6.07, 6.45) is 0. The molecule has 0 spiro atoms. The molecule has 2 aromatic rings. The molecule has 21 heavy (non-hydrogen) atoms. The summed E-state index contributed by atoms with van der Waals surface area (Å²) in [6, 6.07) is 9.11. The second-order valence-electron chi connectivity index (χ2n) is 4.09. The lowest BCUT2D eigenvalue weighted by Gasteiger charge is -2.11. The largest absolute Gasteiger partial charge is 0.398 e. The zero-order valence-electron chi connectivity index (χ0n) is 10.5. The minimum absolute atomic E-state index is 0.101. The number of benzene rings is 2. The van der Waals surface area contributed by atoms with E-state index in [9.17, 15) is 12.8 Å².